The fourth-order valence-electron chi connectivity index (χ4n) is 5.69. The molecule has 232 valence electrons. The number of benzene rings is 4. The monoisotopic (exact) mass is 631 g/mol. The predicted molar refractivity (Wildman–Crippen MR) is 160 cm³/mol. The molecule has 47 heavy (non-hydrogen) atoms. The molecule has 0 radical (unpaired) electrons. The summed E-state index contributed by atoms with van der Waals surface area (Å²) in [6.07, 6.45) is 2.27. The van der Waals surface area contributed by atoms with Crippen molar-refractivity contribution in [1.82, 2.24) is 0 Å². The smallest absolute Gasteiger partial charge is 0.422 e. The molecule has 12 heteroatoms. The van der Waals surface area contributed by atoms with Crippen LogP contribution in [0.3, 0.4) is 0 Å². The molecule has 12 nitrogen and oxygen atoms in total. The minimum absolute atomic E-state index is 0.0707. The van der Waals surface area contributed by atoms with Gasteiger partial charge in [-0.25, -0.2) is 19.3 Å². The van der Waals surface area contributed by atoms with Crippen LogP contribution in [0.15, 0.2) is 97.1 Å². The summed E-state index contributed by atoms with van der Waals surface area (Å²) in [7, 11) is 0. The molecule has 4 aromatic carbocycles. The molecule has 3 aliphatic rings. The Labute approximate surface area is 265 Å². The average Bonchev–Trinajstić information content (AvgIpc) is 3.54. The first-order valence-electron chi connectivity index (χ1n) is 14.2. The third-order valence-corrected chi connectivity index (χ3v) is 7.65. The van der Waals surface area contributed by atoms with Gasteiger partial charge in [-0.2, -0.15) is 0 Å². The number of imide groups is 1. The van der Waals surface area contributed by atoms with E-state index in [0.29, 0.717) is 22.3 Å². The second-order valence-electron chi connectivity index (χ2n) is 10.6. The van der Waals surface area contributed by atoms with E-state index in [-0.39, 0.29) is 40.9 Å². The Hall–Kier alpha value is -6.56. The maximum absolute atomic E-state index is 13.5. The Morgan fingerprint density at radius 1 is 0.723 bits per heavy atom. The standard InChI is InChI=1S/C35H21NO11/c1-19(37)44-22-8-11-26-28(16-22)46-29-17-23(45-34(42)33(41)43-18-20-5-3-2-4-6-20)9-12-27(29)35(26)25-10-7-21(15-24(25)32(40)47-35)36-30(38)13-14-31(36)39/h2-17H,18H2,1H3. The molecule has 2 amide bonds. The first-order chi connectivity index (χ1) is 22.6. The van der Waals surface area contributed by atoms with Gasteiger partial charge >= 0.3 is 23.9 Å². The number of carbonyl (C=O) groups excluding carboxylic acids is 6. The highest BCUT2D eigenvalue weighted by Crippen LogP contribution is 2.57. The first kappa shape index (κ1) is 29.2. The van der Waals surface area contributed by atoms with Gasteiger partial charge in [-0.15, -0.1) is 0 Å². The lowest BCUT2D eigenvalue weighted by atomic mass is 9.77. The topological polar surface area (TPSA) is 152 Å². The average molecular weight is 632 g/mol. The third-order valence-electron chi connectivity index (χ3n) is 7.65. The molecule has 0 bridgehead atoms. The van der Waals surface area contributed by atoms with Crippen molar-refractivity contribution in [1.29, 1.82) is 0 Å². The van der Waals surface area contributed by atoms with Crippen molar-refractivity contribution >= 4 is 41.4 Å². The summed E-state index contributed by atoms with van der Waals surface area (Å²) >= 11 is 0. The number of ether oxygens (including phenoxy) is 5. The van der Waals surface area contributed by atoms with E-state index in [0.717, 1.165) is 17.1 Å². The Morgan fingerprint density at radius 2 is 1.34 bits per heavy atom. The normalized spacial score (nSPS) is 17.0. The molecule has 4 aromatic rings. The number of hydrogen-bond acceptors (Lipinski definition) is 11. The Kier molecular flexibility index (Phi) is 6.89. The number of rotatable bonds is 5. The van der Waals surface area contributed by atoms with Crippen molar-refractivity contribution in [2.45, 2.75) is 19.1 Å². The van der Waals surface area contributed by atoms with Crippen LogP contribution in [-0.4, -0.2) is 35.7 Å². The Balaban J connectivity index is 1.26. The van der Waals surface area contributed by atoms with Gasteiger partial charge in [0.25, 0.3) is 11.8 Å². The van der Waals surface area contributed by atoms with Crippen LogP contribution < -0.4 is 19.1 Å². The molecular formula is C35H21NO11. The van der Waals surface area contributed by atoms with Gasteiger partial charge in [-0.3, -0.25) is 14.4 Å². The molecule has 1 unspecified atom stereocenters. The molecule has 0 saturated carbocycles. The van der Waals surface area contributed by atoms with Crippen molar-refractivity contribution in [3.8, 4) is 23.0 Å². The summed E-state index contributed by atoms with van der Waals surface area (Å²) in [4.78, 5) is 75.7. The zero-order valence-corrected chi connectivity index (χ0v) is 24.4. The number of nitrogens with zero attached hydrogens (tertiary/aromatic N) is 1. The summed E-state index contributed by atoms with van der Waals surface area (Å²) in [5, 5.41) is 0. The quantitative estimate of drug-likeness (QED) is 0.134. The lowest BCUT2D eigenvalue weighted by Crippen LogP contribution is -2.33. The number of fused-ring (bicyclic) bond motifs is 6. The van der Waals surface area contributed by atoms with Crippen LogP contribution in [0.1, 0.15) is 39.5 Å². The molecule has 3 heterocycles. The molecule has 7 rings (SSSR count). The van der Waals surface area contributed by atoms with Gasteiger partial charge in [0.05, 0.1) is 11.3 Å². The summed E-state index contributed by atoms with van der Waals surface area (Å²) < 4.78 is 27.9. The molecule has 0 aromatic heterocycles. The van der Waals surface area contributed by atoms with Crippen molar-refractivity contribution in [3.63, 3.8) is 0 Å². The zero-order valence-electron chi connectivity index (χ0n) is 24.4. The number of amides is 2. The van der Waals surface area contributed by atoms with E-state index in [1.54, 1.807) is 42.5 Å². The van der Waals surface area contributed by atoms with E-state index in [1.165, 1.54) is 49.4 Å². The van der Waals surface area contributed by atoms with Gasteiger partial charge in [0, 0.05) is 47.9 Å². The second kappa shape index (κ2) is 11.1. The summed E-state index contributed by atoms with van der Waals surface area (Å²) in [5.74, 6) is -4.57. The highest BCUT2D eigenvalue weighted by Gasteiger charge is 2.54. The summed E-state index contributed by atoms with van der Waals surface area (Å²) in [6.45, 7) is 1.11. The molecule has 0 saturated heterocycles. The third kappa shape index (κ3) is 4.97. The molecule has 1 spiro atoms. The lowest BCUT2D eigenvalue weighted by Gasteiger charge is -2.36. The Morgan fingerprint density at radius 3 is 1.98 bits per heavy atom. The number of carbonyl (C=O) groups is 6. The van der Waals surface area contributed by atoms with Crippen LogP contribution in [0.25, 0.3) is 0 Å². The van der Waals surface area contributed by atoms with Crippen molar-refractivity contribution < 1.29 is 52.5 Å². The van der Waals surface area contributed by atoms with E-state index < -0.39 is 41.3 Å². The molecule has 0 fully saturated rings. The van der Waals surface area contributed by atoms with Crippen LogP contribution in [0.4, 0.5) is 5.69 Å². The molecule has 1 atom stereocenters. The maximum Gasteiger partial charge on any atom is 0.422 e. The highest BCUT2D eigenvalue weighted by atomic mass is 16.6. The first-order valence-corrected chi connectivity index (χ1v) is 14.2. The lowest BCUT2D eigenvalue weighted by molar-refractivity contribution is -0.163. The van der Waals surface area contributed by atoms with Crippen molar-refractivity contribution in [2.75, 3.05) is 4.90 Å². The summed E-state index contributed by atoms with van der Waals surface area (Å²) in [6, 6.07) is 22.1. The van der Waals surface area contributed by atoms with Crippen molar-refractivity contribution in [2.24, 2.45) is 0 Å². The van der Waals surface area contributed by atoms with Crippen LogP contribution in [-0.2, 0) is 45.7 Å². The van der Waals surface area contributed by atoms with Gasteiger partial charge in [-0.1, -0.05) is 36.4 Å². The largest absolute Gasteiger partial charge is 0.456 e. The minimum Gasteiger partial charge on any atom is -0.456 e. The SMILES string of the molecule is CC(=O)Oc1ccc2c(c1)Oc1cc(OC(=O)C(=O)OCc3ccccc3)ccc1C21OC(=O)c2cc(N3C(=O)C=CC3=O)ccc21. The minimum atomic E-state index is -1.60. The molecule has 3 aliphatic heterocycles. The van der Waals surface area contributed by atoms with Crippen LogP contribution in [0.2, 0.25) is 0 Å². The van der Waals surface area contributed by atoms with Gasteiger partial charge in [-0.05, 0) is 42.0 Å². The number of esters is 4. The molecule has 0 aliphatic carbocycles. The van der Waals surface area contributed by atoms with E-state index in [2.05, 4.69) is 0 Å². The highest BCUT2D eigenvalue weighted by molar-refractivity contribution is 6.30. The van der Waals surface area contributed by atoms with Gasteiger partial charge in [0.2, 0.25) is 0 Å². The fourth-order valence-corrected chi connectivity index (χ4v) is 5.69. The number of anilines is 1. The van der Waals surface area contributed by atoms with E-state index in [4.69, 9.17) is 23.7 Å². The maximum atomic E-state index is 13.5. The molecular weight excluding hydrogens is 610 g/mol. The Bertz CT molecular complexity index is 2070. The van der Waals surface area contributed by atoms with Crippen LogP contribution in [0.5, 0.6) is 23.0 Å². The predicted octanol–water partition coefficient (Wildman–Crippen LogP) is 4.26. The van der Waals surface area contributed by atoms with Gasteiger partial charge < -0.3 is 23.7 Å². The number of hydrogen-bond donors (Lipinski definition) is 0. The summed E-state index contributed by atoms with van der Waals surface area (Å²) in [5.41, 5.74) is 0.444. The van der Waals surface area contributed by atoms with Crippen LogP contribution >= 0.6 is 0 Å². The van der Waals surface area contributed by atoms with Crippen molar-refractivity contribution in [3.05, 3.63) is 125 Å². The van der Waals surface area contributed by atoms with E-state index in [1.807, 2.05) is 0 Å². The van der Waals surface area contributed by atoms with Gasteiger partial charge in [0.15, 0.2) is 5.60 Å². The fraction of sp³-hybridized carbons (Fsp3) is 0.0857. The molecule has 0 N–H and O–H groups in total. The zero-order chi connectivity index (χ0) is 32.9. The van der Waals surface area contributed by atoms with Crippen LogP contribution in [0, 0.1) is 0 Å². The van der Waals surface area contributed by atoms with Gasteiger partial charge in [0.1, 0.15) is 29.6 Å². The second-order valence-corrected chi connectivity index (χ2v) is 10.6. The van der Waals surface area contributed by atoms with E-state index >= 15 is 0 Å². The van der Waals surface area contributed by atoms with E-state index in [9.17, 15) is 28.8 Å².